The molecule has 0 aromatic heterocycles. The predicted molar refractivity (Wildman–Crippen MR) is 67.8 cm³/mol. The van der Waals surface area contributed by atoms with Gasteiger partial charge in [-0.2, -0.15) is 0 Å². The Hall–Kier alpha value is -0.410. The Morgan fingerprint density at radius 2 is 2.19 bits per heavy atom. The molecule has 2 rings (SSSR count). The molecule has 0 radical (unpaired) electrons. The molecule has 88 valence electrons. The van der Waals surface area contributed by atoms with Crippen LogP contribution in [0.25, 0.3) is 0 Å². The lowest BCUT2D eigenvalue weighted by atomic mass is 9.70. The van der Waals surface area contributed by atoms with Gasteiger partial charge < -0.3 is 5.32 Å². The van der Waals surface area contributed by atoms with Crippen molar-refractivity contribution in [3.63, 3.8) is 0 Å². The fourth-order valence-electron chi connectivity index (χ4n) is 2.12. The van der Waals surface area contributed by atoms with E-state index in [4.69, 9.17) is 0 Å². The topological polar surface area (TPSA) is 12.0 Å². The van der Waals surface area contributed by atoms with Crippen LogP contribution in [0.5, 0.6) is 0 Å². The summed E-state index contributed by atoms with van der Waals surface area (Å²) < 4.78 is 13.8. The van der Waals surface area contributed by atoms with Gasteiger partial charge in [0.2, 0.25) is 0 Å². The second-order valence-electron chi connectivity index (χ2n) is 5.02. The van der Waals surface area contributed by atoms with Crippen LogP contribution in [0.1, 0.15) is 31.7 Å². The van der Waals surface area contributed by atoms with Crippen molar-refractivity contribution in [2.45, 2.75) is 32.7 Å². The first-order valence-electron chi connectivity index (χ1n) is 5.74. The zero-order valence-corrected chi connectivity index (χ0v) is 11.1. The lowest BCUT2D eigenvalue weighted by Gasteiger charge is -2.38. The maximum Gasteiger partial charge on any atom is 0.137 e. The maximum absolute atomic E-state index is 13.2. The molecule has 1 nitrogen and oxygen atoms in total. The van der Waals surface area contributed by atoms with E-state index >= 15 is 0 Å². The summed E-state index contributed by atoms with van der Waals surface area (Å²) in [6.07, 6.45) is 3.98. The molecule has 0 aliphatic heterocycles. The minimum Gasteiger partial charge on any atom is -0.312 e. The standard InChI is InChI=1S/C13H17BrFN/c1-13(5-2-6-13)9-16-8-10-3-4-11(14)12(15)7-10/h3-4,7,16H,2,5-6,8-9H2,1H3. The van der Waals surface area contributed by atoms with Crippen molar-refractivity contribution in [3.8, 4) is 0 Å². The normalized spacial score (nSPS) is 18.2. The van der Waals surface area contributed by atoms with E-state index in [-0.39, 0.29) is 5.82 Å². The molecule has 0 heterocycles. The van der Waals surface area contributed by atoms with Crippen LogP contribution in [0.15, 0.2) is 22.7 Å². The van der Waals surface area contributed by atoms with Crippen LogP contribution >= 0.6 is 15.9 Å². The molecule has 1 aromatic rings. The van der Waals surface area contributed by atoms with Gasteiger partial charge in [-0.25, -0.2) is 4.39 Å². The van der Waals surface area contributed by atoms with Crippen LogP contribution < -0.4 is 5.32 Å². The third kappa shape index (κ3) is 2.83. The van der Waals surface area contributed by atoms with Crippen molar-refractivity contribution in [2.75, 3.05) is 6.54 Å². The van der Waals surface area contributed by atoms with Gasteiger partial charge in [0.15, 0.2) is 0 Å². The number of benzene rings is 1. The number of rotatable bonds is 4. The Bertz CT molecular complexity index is 374. The van der Waals surface area contributed by atoms with Gasteiger partial charge in [-0.3, -0.25) is 0 Å². The van der Waals surface area contributed by atoms with Crippen molar-refractivity contribution in [2.24, 2.45) is 5.41 Å². The van der Waals surface area contributed by atoms with Gasteiger partial charge in [-0.15, -0.1) is 0 Å². The summed E-state index contributed by atoms with van der Waals surface area (Å²) in [5.41, 5.74) is 1.48. The highest BCUT2D eigenvalue weighted by Crippen LogP contribution is 2.39. The molecular formula is C13H17BrFN. The Morgan fingerprint density at radius 3 is 2.75 bits per heavy atom. The number of nitrogens with one attached hydrogen (secondary N) is 1. The van der Waals surface area contributed by atoms with Crippen LogP contribution in [-0.4, -0.2) is 6.54 Å². The summed E-state index contributed by atoms with van der Waals surface area (Å²) in [5, 5.41) is 3.41. The van der Waals surface area contributed by atoms with E-state index in [1.165, 1.54) is 19.3 Å². The first-order chi connectivity index (χ1) is 7.59. The van der Waals surface area contributed by atoms with Crippen molar-refractivity contribution in [1.82, 2.24) is 5.32 Å². The van der Waals surface area contributed by atoms with Crippen molar-refractivity contribution in [1.29, 1.82) is 0 Å². The van der Waals surface area contributed by atoms with Crippen molar-refractivity contribution in [3.05, 3.63) is 34.1 Å². The third-order valence-corrected chi connectivity index (χ3v) is 4.07. The summed E-state index contributed by atoms with van der Waals surface area (Å²) in [5.74, 6) is -0.186. The Balaban J connectivity index is 1.83. The van der Waals surface area contributed by atoms with Gasteiger partial charge >= 0.3 is 0 Å². The summed E-state index contributed by atoms with van der Waals surface area (Å²) in [7, 11) is 0. The summed E-state index contributed by atoms with van der Waals surface area (Å²) in [6.45, 7) is 4.09. The van der Waals surface area contributed by atoms with E-state index in [0.717, 1.165) is 18.7 Å². The predicted octanol–water partition coefficient (Wildman–Crippen LogP) is 3.87. The SMILES string of the molecule is CC1(CNCc2ccc(Br)c(F)c2)CCC1. The first kappa shape index (κ1) is 12.1. The molecule has 1 N–H and O–H groups in total. The Morgan fingerprint density at radius 1 is 1.44 bits per heavy atom. The van der Waals surface area contributed by atoms with Crippen LogP contribution in [0, 0.1) is 11.2 Å². The Kier molecular flexibility index (Phi) is 3.65. The summed E-state index contributed by atoms with van der Waals surface area (Å²) in [4.78, 5) is 0. The average molecular weight is 286 g/mol. The maximum atomic E-state index is 13.2. The number of halogens is 2. The van der Waals surface area contributed by atoms with Gasteiger partial charge in [-0.05, 0) is 51.9 Å². The second kappa shape index (κ2) is 4.84. The minimum atomic E-state index is -0.186. The van der Waals surface area contributed by atoms with E-state index in [0.29, 0.717) is 9.89 Å². The summed E-state index contributed by atoms with van der Waals surface area (Å²) >= 11 is 3.15. The van der Waals surface area contributed by atoms with E-state index < -0.39 is 0 Å². The average Bonchev–Trinajstić information content (AvgIpc) is 2.21. The summed E-state index contributed by atoms with van der Waals surface area (Å²) in [6, 6.07) is 5.29. The zero-order chi connectivity index (χ0) is 11.6. The van der Waals surface area contributed by atoms with Crippen molar-refractivity contribution >= 4 is 15.9 Å². The van der Waals surface area contributed by atoms with Gasteiger partial charge in [0.05, 0.1) is 4.47 Å². The minimum absolute atomic E-state index is 0.186. The molecule has 0 amide bonds. The van der Waals surface area contributed by atoms with E-state index in [9.17, 15) is 4.39 Å². The quantitative estimate of drug-likeness (QED) is 0.886. The molecule has 1 saturated carbocycles. The molecule has 1 aromatic carbocycles. The molecule has 1 aliphatic carbocycles. The Labute approximate surface area is 105 Å². The van der Waals surface area contributed by atoms with Crippen LogP contribution in [-0.2, 0) is 6.54 Å². The van der Waals surface area contributed by atoms with Gasteiger partial charge in [-0.1, -0.05) is 19.4 Å². The van der Waals surface area contributed by atoms with Crippen LogP contribution in [0.4, 0.5) is 4.39 Å². The van der Waals surface area contributed by atoms with E-state index in [1.54, 1.807) is 12.1 Å². The highest BCUT2D eigenvalue weighted by molar-refractivity contribution is 9.10. The first-order valence-corrected chi connectivity index (χ1v) is 6.53. The highest BCUT2D eigenvalue weighted by atomic mass is 79.9. The van der Waals surface area contributed by atoms with Gasteiger partial charge in [0, 0.05) is 13.1 Å². The number of hydrogen-bond acceptors (Lipinski definition) is 1. The fourth-order valence-corrected chi connectivity index (χ4v) is 2.36. The van der Waals surface area contributed by atoms with E-state index in [2.05, 4.69) is 28.2 Å². The van der Waals surface area contributed by atoms with Crippen LogP contribution in [0.2, 0.25) is 0 Å². The molecular weight excluding hydrogens is 269 g/mol. The second-order valence-corrected chi connectivity index (χ2v) is 5.87. The zero-order valence-electron chi connectivity index (χ0n) is 9.52. The molecule has 16 heavy (non-hydrogen) atoms. The lowest BCUT2D eigenvalue weighted by molar-refractivity contribution is 0.156. The fraction of sp³-hybridized carbons (Fsp3) is 0.538. The third-order valence-electron chi connectivity index (χ3n) is 3.43. The van der Waals surface area contributed by atoms with Crippen LogP contribution in [0.3, 0.4) is 0 Å². The number of hydrogen-bond donors (Lipinski definition) is 1. The van der Waals surface area contributed by atoms with Crippen molar-refractivity contribution < 1.29 is 4.39 Å². The molecule has 0 saturated heterocycles. The molecule has 0 unspecified atom stereocenters. The smallest absolute Gasteiger partial charge is 0.137 e. The molecule has 3 heteroatoms. The monoisotopic (exact) mass is 285 g/mol. The van der Waals surface area contributed by atoms with Gasteiger partial charge in [0.25, 0.3) is 0 Å². The molecule has 0 bridgehead atoms. The van der Waals surface area contributed by atoms with Gasteiger partial charge in [0.1, 0.15) is 5.82 Å². The largest absolute Gasteiger partial charge is 0.312 e. The molecule has 0 atom stereocenters. The van der Waals surface area contributed by atoms with E-state index in [1.807, 2.05) is 6.07 Å². The lowest BCUT2D eigenvalue weighted by Crippen LogP contribution is -2.36. The molecule has 0 spiro atoms. The molecule has 1 fully saturated rings. The highest BCUT2D eigenvalue weighted by Gasteiger charge is 2.30. The molecule has 1 aliphatic rings.